The molecule has 4 nitrogen and oxygen atoms in total. The first-order chi connectivity index (χ1) is 9.69. The quantitative estimate of drug-likeness (QED) is 0.810. The first kappa shape index (κ1) is 15.5. The highest BCUT2D eigenvalue weighted by atomic mass is 79.9. The van der Waals surface area contributed by atoms with E-state index in [2.05, 4.69) is 50.4 Å². The van der Waals surface area contributed by atoms with Crippen molar-refractivity contribution in [2.75, 3.05) is 23.7 Å². The maximum absolute atomic E-state index is 4.53. The summed E-state index contributed by atoms with van der Waals surface area (Å²) in [4.78, 5) is 8.81. The molecule has 1 saturated carbocycles. The van der Waals surface area contributed by atoms with Crippen LogP contribution in [0.15, 0.2) is 10.7 Å². The van der Waals surface area contributed by atoms with Crippen LogP contribution in [0.2, 0.25) is 0 Å². The summed E-state index contributed by atoms with van der Waals surface area (Å²) in [7, 11) is 0. The van der Waals surface area contributed by atoms with Gasteiger partial charge in [0.1, 0.15) is 5.82 Å². The fraction of sp³-hybridized carbons (Fsp3) is 0.733. The second kappa shape index (κ2) is 7.81. The molecule has 2 rings (SSSR count). The number of nitrogens with one attached hydrogen (secondary N) is 2. The second-order valence-electron chi connectivity index (χ2n) is 5.84. The number of nitrogens with zero attached hydrogens (tertiary/aromatic N) is 2. The highest BCUT2D eigenvalue weighted by Crippen LogP contribution is 2.29. The van der Waals surface area contributed by atoms with Gasteiger partial charge in [0.25, 0.3) is 0 Å². The molecule has 0 amide bonds. The molecule has 112 valence electrons. The maximum atomic E-state index is 4.53. The summed E-state index contributed by atoms with van der Waals surface area (Å²) in [5.41, 5.74) is 0. The summed E-state index contributed by atoms with van der Waals surface area (Å²) in [6.07, 6.45) is 8.30. The molecular formula is C15H25BrN4. The molecule has 0 bridgehead atoms. The molecule has 1 aromatic rings. The number of halogens is 1. The maximum Gasteiger partial charge on any atom is 0.224 e. The Morgan fingerprint density at radius 1 is 1.35 bits per heavy atom. The minimum absolute atomic E-state index is 0.703. The van der Waals surface area contributed by atoms with Crippen LogP contribution >= 0.6 is 15.9 Å². The Hall–Kier alpha value is -0.840. The zero-order valence-corrected chi connectivity index (χ0v) is 14.0. The Labute approximate surface area is 130 Å². The largest absolute Gasteiger partial charge is 0.369 e. The van der Waals surface area contributed by atoms with Crippen molar-refractivity contribution >= 4 is 27.7 Å². The van der Waals surface area contributed by atoms with Gasteiger partial charge in [0, 0.05) is 19.3 Å². The number of anilines is 2. The lowest BCUT2D eigenvalue weighted by atomic mass is 9.82. The lowest BCUT2D eigenvalue weighted by molar-refractivity contribution is 0.293. The molecule has 5 heteroatoms. The van der Waals surface area contributed by atoms with Crippen molar-refractivity contribution in [1.29, 1.82) is 0 Å². The molecule has 0 radical (unpaired) electrons. The van der Waals surface area contributed by atoms with Gasteiger partial charge in [-0.15, -0.1) is 0 Å². The summed E-state index contributed by atoms with van der Waals surface area (Å²) in [5.74, 6) is 3.24. The predicted octanol–water partition coefficient (Wildman–Crippen LogP) is 4.30. The van der Waals surface area contributed by atoms with E-state index in [4.69, 9.17) is 0 Å². The second-order valence-corrected chi connectivity index (χ2v) is 6.69. The fourth-order valence-electron chi connectivity index (χ4n) is 2.80. The molecule has 0 aliphatic heterocycles. The highest BCUT2D eigenvalue weighted by Gasteiger charge is 2.19. The van der Waals surface area contributed by atoms with Gasteiger partial charge in [0.2, 0.25) is 5.95 Å². The third-order valence-corrected chi connectivity index (χ3v) is 4.46. The predicted molar refractivity (Wildman–Crippen MR) is 88.1 cm³/mol. The van der Waals surface area contributed by atoms with Crippen LogP contribution in [-0.2, 0) is 0 Å². The first-order valence-electron chi connectivity index (χ1n) is 7.69. The van der Waals surface area contributed by atoms with Crippen LogP contribution in [0.25, 0.3) is 0 Å². The Bertz CT molecular complexity index is 424. The van der Waals surface area contributed by atoms with E-state index in [9.17, 15) is 0 Å². The van der Waals surface area contributed by atoms with E-state index in [1.165, 1.54) is 25.7 Å². The summed E-state index contributed by atoms with van der Waals surface area (Å²) >= 11 is 3.52. The van der Waals surface area contributed by atoms with E-state index in [0.717, 1.165) is 41.6 Å². The minimum atomic E-state index is 0.703. The molecule has 1 fully saturated rings. The molecule has 1 heterocycles. The van der Waals surface area contributed by atoms with Crippen LogP contribution in [0, 0.1) is 11.8 Å². The lowest BCUT2D eigenvalue weighted by Gasteiger charge is -2.27. The molecule has 0 aromatic carbocycles. The van der Waals surface area contributed by atoms with Gasteiger partial charge in [-0.25, -0.2) is 4.98 Å². The zero-order chi connectivity index (χ0) is 14.4. The van der Waals surface area contributed by atoms with Crippen molar-refractivity contribution in [1.82, 2.24) is 9.97 Å². The average molecular weight is 341 g/mol. The summed E-state index contributed by atoms with van der Waals surface area (Å²) in [5, 5.41) is 6.71. The Balaban J connectivity index is 1.90. The van der Waals surface area contributed by atoms with Crippen LogP contribution in [0.3, 0.4) is 0 Å². The fourth-order valence-corrected chi connectivity index (χ4v) is 3.13. The molecule has 2 atom stereocenters. The van der Waals surface area contributed by atoms with Gasteiger partial charge in [-0.05, 0) is 47.0 Å². The van der Waals surface area contributed by atoms with Crippen molar-refractivity contribution < 1.29 is 0 Å². The number of aromatic nitrogens is 2. The van der Waals surface area contributed by atoms with Crippen molar-refractivity contribution in [3.8, 4) is 0 Å². The third kappa shape index (κ3) is 4.62. The molecule has 0 spiro atoms. The van der Waals surface area contributed by atoms with Gasteiger partial charge in [0.05, 0.1) is 4.47 Å². The van der Waals surface area contributed by atoms with Gasteiger partial charge < -0.3 is 10.6 Å². The third-order valence-electron chi connectivity index (χ3n) is 3.88. The van der Waals surface area contributed by atoms with Crippen LogP contribution in [-0.4, -0.2) is 23.1 Å². The first-order valence-corrected chi connectivity index (χ1v) is 8.48. The molecule has 2 N–H and O–H groups in total. The van der Waals surface area contributed by atoms with Gasteiger partial charge >= 0.3 is 0 Å². The molecule has 1 aliphatic carbocycles. The van der Waals surface area contributed by atoms with E-state index in [-0.39, 0.29) is 0 Å². The summed E-state index contributed by atoms with van der Waals surface area (Å²) < 4.78 is 0.934. The van der Waals surface area contributed by atoms with Crippen molar-refractivity contribution in [3.05, 3.63) is 10.7 Å². The van der Waals surface area contributed by atoms with Gasteiger partial charge in [-0.2, -0.15) is 4.98 Å². The zero-order valence-electron chi connectivity index (χ0n) is 12.5. The number of hydrogen-bond acceptors (Lipinski definition) is 4. The van der Waals surface area contributed by atoms with Gasteiger partial charge in [0.15, 0.2) is 0 Å². The number of hydrogen-bond donors (Lipinski definition) is 2. The van der Waals surface area contributed by atoms with E-state index < -0.39 is 0 Å². The van der Waals surface area contributed by atoms with Crippen LogP contribution in [0.1, 0.15) is 46.0 Å². The van der Waals surface area contributed by atoms with Crippen molar-refractivity contribution in [3.63, 3.8) is 0 Å². The van der Waals surface area contributed by atoms with E-state index in [0.29, 0.717) is 5.95 Å². The van der Waals surface area contributed by atoms with Crippen LogP contribution in [0.4, 0.5) is 11.8 Å². The molecule has 1 aromatic heterocycles. The topological polar surface area (TPSA) is 49.8 Å². The van der Waals surface area contributed by atoms with E-state index in [1.807, 2.05) is 6.20 Å². The monoisotopic (exact) mass is 340 g/mol. The van der Waals surface area contributed by atoms with Crippen LogP contribution < -0.4 is 10.6 Å². The molecule has 20 heavy (non-hydrogen) atoms. The Morgan fingerprint density at radius 2 is 2.20 bits per heavy atom. The molecule has 2 unspecified atom stereocenters. The lowest BCUT2D eigenvalue weighted by Crippen LogP contribution is -2.21. The molecule has 1 aliphatic rings. The van der Waals surface area contributed by atoms with Gasteiger partial charge in [-0.1, -0.05) is 26.7 Å². The van der Waals surface area contributed by atoms with Crippen LogP contribution in [0.5, 0.6) is 0 Å². The Kier molecular flexibility index (Phi) is 6.07. The number of rotatable bonds is 6. The minimum Gasteiger partial charge on any atom is -0.369 e. The van der Waals surface area contributed by atoms with Crippen molar-refractivity contribution in [2.24, 2.45) is 11.8 Å². The highest BCUT2D eigenvalue weighted by molar-refractivity contribution is 9.10. The van der Waals surface area contributed by atoms with E-state index in [1.54, 1.807) is 0 Å². The van der Waals surface area contributed by atoms with Crippen molar-refractivity contribution in [2.45, 2.75) is 46.0 Å². The average Bonchev–Trinajstić information content (AvgIpc) is 2.45. The summed E-state index contributed by atoms with van der Waals surface area (Å²) in [6.45, 7) is 6.41. The Morgan fingerprint density at radius 3 is 2.95 bits per heavy atom. The smallest absolute Gasteiger partial charge is 0.224 e. The molecule has 0 saturated heterocycles. The normalized spacial score (nSPS) is 22.6. The van der Waals surface area contributed by atoms with E-state index >= 15 is 0 Å². The SMILES string of the molecule is CCCNc1ncc(Br)c(NCC2CCCC(C)C2)n1. The molecular weight excluding hydrogens is 316 g/mol. The summed E-state index contributed by atoms with van der Waals surface area (Å²) in [6, 6.07) is 0. The standard InChI is InChI=1S/C15H25BrN4/c1-3-7-17-15-19-10-13(16)14(20-15)18-9-12-6-4-5-11(2)8-12/h10-12H,3-9H2,1-2H3,(H2,17,18,19,20). The van der Waals surface area contributed by atoms with Gasteiger partial charge in [-0.3, -0.25) is 0 Å².